The number of halogens is 1. The molecular weight excluding hydrogens is 332 g/mol. The van der Waals surface area contributed by atoms with Crippen molar-refractivity contribution in [2.45, 2.75) is 25.5 Å². The van der Waals surface area contributed by atoms with E-state index in [4.69, 9.17) is 14.2 Å². The second-order valence-corrected chi connectivity index (χ2v) is 5.69. The van der Waals surface area contributed by atoms with Gasteiger partial charge in [-0.15, -0.1) is 12.4 Å². The molecule has 1 aromatic carbocycles. The number of carbonyl (C=O) groups is 1. The highest BCUT2D eigenvalue weighted by Gasteiger charge is 2.16. The Labute approximate surface area is 149 Å². The number of likely N-dealkylation sites (N-methyl/N-ethyl adjacent to an activating group) is 1. The van der Waals surface area contributed by atoms with E-state index in [9.17, 15) is 4.79 Å². The Kier molecular flexibility index (Phi) is 8.89. The molecule has 0 aromatic heterocycles. The molecule has 1 aliphatic rings. The number of nitrogens with zero attached hydrogens (tertiary/aromatic N) is 1. The fourth-order valence-corrected chi connectivity index (χ4v) is 2.61. The Morgan fingerprint density at radius 2 is 2.17 bits per heavy atom. The largest absolute Gasteiger partial charge is 0.497 e. The molecule has 1 N–H and O–H groups in total. The molecule has 6 nitrogen and oxygen atoms in total. The summed E-state index contributed by atoms with van der Waals surface area (Å²) in [5, 5.41) is 3.17. The average Bonchev–Trinajstić information content (AvgIpc) is 3.08. The predicted octanol–water partition coefficient (Wildman–Crippen LogP) is 1.85. The third-order valence-corrected chi connectivity index (χ3v) is 4.00. The molecule has 1 aliphatic heterocycles. The highest BCUT2D eigenvalue weighted by atomic mass is 35.5. The number of amides is 1. The van der Waals surface area contributed by atoms with Gasteiger partial charge in [0.2, 0.25) is 5.91 Å². The van der Waals surface area contributed by atoms with Crippen LogP contribution >= 0.6 is 12.4 Å². The van der Waals surface area contributed by atoms with Crippen LogP contribution in [-0.4, -0.2) is 57.9 Å². The smallest absolute Gasteiger partial charge is 0.236 e. The average molecular weight is 359 g/mol. The summed E-state index contributed by atoms with van der Waals surface area (Å²) in [5.74, 6) is 1.50. The number of benzene rings is 1. The van der Waals surface area contributed by atoms with Crippen molar-refractivity contribution in [2.75, 3.05) is 41.0 Å². The fraction of sp³-hybridized carbons (Fsp3) is 0.588. The molecule has 0 bridgehead atoms. The van der Waals surface area contributed by atoms with Crippen LogP contribution in [0.2, 0.25) is 0 Å². The van der Waals surface area contributed by atoms with Crippen LogP contribution in [0.5, 0.6) is 11.5 Å². The Hall–Kier alpha value is -1.50. The minimum Gasteiger partial charge on any atom is -0.497 e. The van der Waals surface area contributed by atoms with Gasteiger partial charge < -0.3 is 24.4 Å². The summed E-state index contributed by atoms with van der Waals surface area (Å²) in [6.07, 6.45) is 2.42. The van der Waals surface area contributed by atoms with E-state index in [1.165, 1.54) is 0 Å². The summed E-state index contributed by atoms with van der Waals surface area (Å²) in [4.78, 5) is 13.9. The molecule has 2 rings (SSSR count). The van der Waals surface area contributed by atoms with Gasteiger partial charge in [-0.05, 0) is 25.0 Å². The SMILES string of the molecule is COc1ccc(CN(C)C(=O)CNCC2CCCO2)c(OC)c1.Cl. The number of nitrogens with one attached hydrogen (secondary N) is 1. The maximum atomic E-state index is 12.2. The lowest BCUT2D eigenvalue weighted by Crippen LogP contribution is -2.38. The van der Waals surface area contributed by atoms with Crippen LogP contribution in [0.15, 0.2) is 18.2 Å². The van der Waals surface area contributed by atoms with Crippen LogP contribution in [0.25, 0.3) is 0 Å². The lowest BCUT2D eigenvalue weighted by Gasteiger charge is -2.20. The van der Waals surface area contributed by atoms with Crippen molar-refractivity contribution >= 4 is 18.3 Å². The van der Waals surface area contributed by atoms with Gasteiger partial charge in [0.1, 0.15) is 11.5 Å². The summed E-state index contributed by atoms with van der Waals surface area (Å²) in [6, 6.07) is 5.61. The van der Waals surface area contributed by atoms with Gasteiger partial charge in [0.05, 0.1) is 26.9 Å². The maximum Gasteiger partial charge on any atom is 0.236 e. The monoisotopic (exact) mass is 358 g/mol. The normalized spacial score (nSPS) is 16.4. The van der Waals surface area contributed by atoms with Crippen molar-refractivity contribution in [1.82, 2.24) is 10.2 Å². The van der Waals surface area contributed by atoms with Gasteiger partial charge >= 0.3 is 0 Å². The first kappa shape index (κ1) is 20.5. The van der Waals surface area contributed by atoms with Crippen molar-refractivity contribution in [1.29, 1.82) is 0 Å². The number of carbonyl (C=O) groups excluding carboxylic acids is 1. The van der Waals surface area contributed by atoms with Crippen LogP contribution in [0.3, 0.4) is 0 Å². The Morgan fingerprint density at radius 3 is 2.79 bits per heavy atom. The topological polar surface area (TPSA) is 60.0 Å². The molecule has 136 valence electrons. The van der Waals surface area contributed by atoms with E-state index in [-0.39, 0.29) is 24.4 Å². The van der Waals surface area contributed by atoms with E-state index >= 15 is 0 Å². The van der Waals surface area contributed by atoms with Gasteiger partial charge in [-0.25, -0.2) is 0 Å². The minimum atomic E-state index is 0. The van der Waals surface area contributed by atoms with Gasteiger partial charge in [-0.3, -0.25) is 4.79 Å². The molecule has 1 fully saturated rings. The van der Waals surface area contributed by atoms with Crippen LogP contribution in [0, 0.1) is 0 Å². The molecule has 0 aliphatic carbocycles. The van der Waals surface area contributed by atoms with Crippen LogP contribution in [0.1, 0.15) is 18.4 Å². The molecule has 1 heterocycles. The Morgan fingerprint density at radius 1 is 1.38 bits per heavy atom. The lowest BCUT2D eigenvalue weighted by atomic mass is 10.1. The van der Waals surface area contributed by atoms with E-state index in [0.717, 1.165) is 43.1 Å². The fourth-order valence-electron chi connectivity index (χ4n) is 2.61. The van der Waals surface area contributed by atoms with Crippen molar-refractivity contribution in [3.05, 3.63) is 23.8 Å². The third kappa shape index (κ3) is 5.85. The second kappa shape index (κ2) is 10.4. The highest BCUT2D eigenvalue weighted by Crippen LogP contribution is 2.25. The Bertz CT molecular complexity index is 521. The van der Waals surface area contributed by atoms with E-state index in [0.29, 0.717) is 13.1 Å². The summed E-state index contributed by atoms with van der Waals surface area (Å²) in [5.41, 5.74) is 0.947. The van der Waals surface area contributed by atoms with Gasteiger partial charge in [0, 0.05) is 38.4 Å². The first-order valence-electron chi connectivity index (χ1n) is 7.91. The minimum absolute atomic E-state index is 0. The number of rotatable bonds is 8. The van der Waals surface area contributed by atoms with Gasteiger partial charge in [-0.2, -0.15) is 0 Å². The van der Waals surface area contributed by atoms with Crippen molar-refractivity contribution in [2.24, 2.45) is 0 Å². The summed E-state index contributed by atoms with van der Waals surface area (Å²) in [7, 11) is 5.02. The van der Waals surface area contributed by atoms with Crippen molar-refractivity contribution in [3.8, 4) is 11.5 Å². The number of methoxy groups -OCH3 is 2. The Balaban J connectivity index is 0.00000288. The quantitative estimate of drug-likeness (QED) is 0.768. The van der Waals surface area contributed by atoms with Gasteiger partial charge in [0.25, 0.3) is 0 Å². The molecule has 0 saturated carbocycles. The summed E-state index contributed by atoms with van der Waals surface area (Å²) >= 11 is 0. The van der Waals surface area contributed by atoms with Gasteiger partial charge in [-0.1, -0.05) is 0 Å². The van der Waals surface area contributed by atoms with Crippen LogP contribution in [-0.2, 0) is 16.1 Å². The molecule has 1 unspecified atom stereocenters. The molecule has 1 atom stereocenters. The maximum absolute atomic E-state index is 12.2. The second-order valence-electron chi connectivity index (χ2n) is 5.69. The number of ether oxygens (including phenoxy) is 3. The van der Waals surface area contributed by atoms with Crippen LogP contribution in [0.4, 0.5) is 0 Å². The van der Waals surface area contributed by atoms with Crippen molar-refractivity contribution < 1.29 is 19.0 Å². The zero-order chi connectivity index (χ0) is 16.7. The van der Waals surface area contributed by atoms with E-state index in [1.54, 1.807) is 26.2 Å². The summed E-state index contributed by atoms with van der Waals surface area (Å²) < 4.78 is 16.1. The number of hydrogen-bond donors (Lipinski definition) is 1. The molecule has 7 heteroatoms. The molecule has 1 saturated heterocycles. The van der Waals surface area contributed by atoms with E-state index in [1.807, 2.05) is 18.2 Å². The molecule has 1 amide bonds. The van der Waals surface area contributed by atoms with E-state index in [2.05, 4.69) is 5.32 Å². The third-order valence-electron chi connectivity index (χ3n) is 4.00. The standard InChI is InChI=1S/C17H26N2O4.ClH/c1-19(17(20)11-18-10-15-5-4-8-23-15)12-13-6-7-14(21-2)9-16(13)22-3;/h6-7,9,15,18H,4-5,8,10-12H2,1-3H3;1H. The number of hydrogen-bond acceptors (Lipinski definition) is 5. The molecule has 24 heavy (non-hydrogen) atoms. The van der Waals surface area contributed by atoms with E-state index < -0.39 is 0 Å². The molecule has 0 radical (unpaired) electrons. The lowest BCUT2D eigenvalue weighted by molar-refractivity contribution is -0.129. The highest BCUT2D eigenvalue weighted by molar-refractivity contribution is 5.85. The summed E-state index contributed by atoms with van der Waals surface area (Å²) in [6.45, 7) is 2.37. The zero-order valence-electron chi connectivity index (χ0n) is 14.5. The molecular formula is C17H27ClN2O4. The zero-order valence-corrected chi connectivity index (χ0v) is 15.4. The van der Waals surface area contributed by atoms with Crippen LogP contribution < -0.4 is 14.8 Å². The molecule has 0 spiro atoms. The van der Waals surface area contributed by atoms with Gasteiger partial charge in [0.15, 0.2) is 0 Å². The predicted molar refractivity (Wildman–Crippen MR) is 95.1 cm³/mol. The molecule has 1 aromatic rings. The first-order chi connectivity index (χ1) is 11.1. The first-order valence-corrected chi connectivity index (χ1v) is 7.91. The van der Waals surface area contributed by atoms with Crippen molar-refractivity contribution in [3.63, 3.8) is 0 Å².